The SMILES string of the molecule is Cc1ccc2c(c1)Sc1ccc([N+](=O)[O-])cc1N2C. The van der Waals surface area contributed by atoms with Crippen molar-refractivity contribution in [3.8, 4) is 0 Å². The number of anilines is 2. The molecule has 2 aromatic carbocycles. The monoisotopic (exact) mass is 272 g/mol. The van der Waals surface area contributed by atoms with Crippen molar-refractivity contribution >= 4 is 28.8 Å². The van der Waals surface area contributed by atoms with Crippen LogP contribution in [-0.4, -0.2) is 12.0 Å². The van der Waals surface area contributed by atoms with Crippen molar-refractivity contribution < 1.29 is 4.92 Å². The average Bonchev–Trinajstić information content (AvgIpc) is 2.38. The second-order valence-electron chi connectivity index (χ2n) is 4.54. The van der Waals surface area contributed by atoms with Crippen LogP contribution in [0.1, 0.15) is 5.56 Å². The van der Waals surface area contributed by atoms with E-state index in [0.717, 1.165) is 16.3 Å². The molecule has 0 atom stereocenters. The van der Waals surface area contributed by atoms with Crippen molar-refractivity contribution in [1.29, 1.82) is 0 Å². The molecule has 0 saturated carbocycles. The quantitative estimate of drug-likeness (QED) is 0.578. The number of nitro groups is 1. The molecule has 96 valence electrons. The highest BCUT2D eigenvalue weighted by molar-refractivity contribution is 7.99. The molecule has 0 spiro atoms. The lowest BCUT2D eigenvalue weighted by Crippen LogP contribution is -2.14. The summed E-state index contributed by atoms with van der Waals surface area (Å²) in [6.45, 7) is 2.06. The summed E-state index contributed by atoms with van der Waals surface area (Å²) in [6, 6.07) is 11.3. The van der Waals surface area contributed by atoms with E-state index in [4.69, 9.17) is 0 Å². The van der Waals surface area contributed by atoms with E-state index in [2.05, 4.69) is 25.1 Å². The van der Waals surface area contributed by atoms with Crippen LogP contribution in [0, 0.1) is 17.0 Å². The molecule has 0 aromatic heterocycles. The summed E-state index contributed by atoms with van der Waals surface area (Å²) in [5.41, 5.74) is 3.31. The second-order valence-corrected chi connectivity index (χ2v) is 5.63. The Morgan fingerprint density at radius 2 is 1.89 bits per heavy atom. The fraction of sp³-hybridized carbons (Fsp3) is 0.143. The molecule has 0 saturated heterocycles. The van der Waals surface area contributed by atoms with E-state index in [0.29, 0.717) is 0 Å². The van der Waals surface area contributed by atoms with Crippen LogP contribution in [0.25, 0.3) is 0 Å². The molecule has 0 bridgehead atoms. The highest BCUT2D eigenvalue weighted by atomic mass is 32.2. The number of nitro benzene ring substituents is 1. The third kappa shape index (κ3) is 1.96. The van der Waals surface area contributed by atoms with Crippen LogP contribution in [0.2, 0.25) is 0 Å². The number of non-ortho nitro benzene ring substituents is 1. The standard InChI is InChI=1S/C14H12N2O2S/c1-9-3-5-11-14(7-9)19-13-6-4-10(16(17)18)8-12(13)15(11)2/h3-8H,1-2H3. The Bertz CT molecular complexity index is 685. The van der Waals surface area contributed by atoms with E-state index in [1.165, 1.54) is 10.5 Å². The molecule has 19 heavy (non-hydrogen) atoms. The van der Waals surface area contributed by atoms with Crippen molar-refractivity contribution in [2.75, 3.05) is 11.9 Å². The first-order chi connectivity index (χ1) is 9.06. The minimum Gasteiger partial charge on any atom is -0.343 e. The van der Waals surface area contributed by atoms with Gasteiger partial charge < -0.3 is 4.90 Å². The molecule has 1 heterocycles. The summed E-state index contributed by atoms with van der Waals surface area (Å²) in [7, 11) is 1.94. The van der Waals surface area contributed by atoms with Gasteiger partial charge in [-0.3, -0.25) is 10.1 Å². The Kier molecular flexibility index (Phi) is 2.71. The number of nitrogens with zero attached hydrogens (tertiary/aromatic N) is 2. The highest BCUT2D eigenvalue weighted by Crippen LogP contribution is 2.48. The molecule has 0 radical (unpaired) electrons. The third-order valence-electron chi connectivity index (χ3n) is 3.21. The van der Waals surface area contributed by atoms with Gasteiger partial charge in [-0.25, -0.2) is 0 Å². The smallest absolute Gasteiger partial charge is 0.271 e. The average molecular weight is 272 g/mol. The maximum absolute atomic E-state index is 10.9. The lowest BCUT2D eigenvalue weighted by atomic mass is 10.2. The Labute approximate surface area is 115 Å². The van der Waals surface area contributed by atoms with Crippen molar-refractivity contribution in [2.45, 2.75) is 16.7 Å². The van der Waals surface area contributed by atoms with Crippen molar-refractivity contribution in [3.63, 3.8) is 0 Å². The van der Waals surface area contributed by atoms with Crippen LogP contribution in [-0.2, 0) is 0 Å². The van der Waals surface area contributed by atoms with Crippen molar-refractivity contribution in [3.05, 3.63) is 52.1 Å². The molecule has 4 nitrogen and oxygen atoms in total. The topological polar surface area (TPSA) is 46.4 Å². The zero-order valence-corrected chi connectivity index (χ0v) is 11.4. The predicted octanol–water partition coefficient (Wildman–Crippen LogP) is 4.14. The van der Waals surface area contributed by atoms with E-state index in [9.17, 15) is 10.1 Å². The van der Waals surface area contributed by atoms with Gasteiger partial charge in [-0.1, -0.05) is 17.8 Å². The van der Waals surface area contributed by atoms with E-state index < -0.39 is 0 Å². The molecule has 0 N–H and O–H groups in total. The van der Waals surface area contributed by atoms with Crippen LogP contribution in [0.15, 0.2) is 46.2 Å². The Morgan fingerprint density at radius 1 is 1.11 bits per heavy atom. The van der Waals surface area contributed by atoms with Gasteiger partial charge in [0.15, 0.2) is 0 Å². The normalized spacial score (nSPS) is 12.8. The van der Waals surface area contributed by atoms with Gasteiger partial charge in [-0.15, -0.1) is 0 Å². The molecule has 1 aliphatic heterocycles. The minimum absolute atomic E-state index is 0.127. The van der Waals surface area contributed by atoms with E-state index >= 15 is 0 Å². The minimum atomic E-state index is -0.358. The maximum atomic E-state index is 10.9. The Hall–Kier alpha value is -2.01. The highest BCUT2D eigenvalue weighted by Gasteiger charge is 2.22. The van der Waals surface area contributed by atoms with Gasteiger partial charge >= 0.3 is 0 Å². The zero-order chi connectivity index (χ0) is 13.6. The van der Waals surface area contributed by atoms with Crippen LogP contribution < -0.4 is 4.90 Å². The number of benzene rings is 2. The van der Waals surface area contributed by atoms with Gasteiger partial charge in [0.2, 0.25) is 0 Å². The molecule has 3 rings (SSSR count). The molecule has 1 aliphatic rings. The summed E-state index contributed by atoms with van der Waals surface area (Å²) >= 11 is 1.66. The lowest BCUT2D eigenvalue weighted by Gasteiger charge is -2.29. The first kappa shape index (κ1) is 12.0. The third-order valence-corrected chi connectivity index (χ3v) is 4.32. The number of fused-ring (bicyclic) bond motifs is 2. The van der Waals surface area contributed by atoms with Crippen molar-refractivity contribution in [2.24, 2.45) is 0 Å². The molecule has 0 fully saturated rings. The summed E-state index contributed by atoms with van der Waals surface area (Å²) in [4.78, 5) is 14.7. The largest absolute Gasteiger partial charge is 0.343 e. The first-order valence-electron chi connectivity index (χ1n) is 5.87. The summed E-state index contributed by atoms with van der Waals surface area (Å²) in [6.07, 6.45) is 0. The Balaban J connectivity index is 2.13. The molecule has 0 unspecified atom stereocenters. The Morgan fingerprint density at radius 3 is 2.63 bits per heavy atom. The van der Waals surface area contributed by atoms with Gasteiger partial charge in [0.1, 0.15) is 0 Å². The van der Waals surface area contributed by atoms with E-state index in [1.54, 1.807) is 23.9 Å². The molecule has 0 amide bonds. The predicted molar refractivity (Wildman–Crippen MR) is 76.5 cm³/mol. The van der Waals surface area contributed by atoms with Gasteiger partial charge in [0, 0.05) is 29.0 Å². The number of hydrogen-bond acceptors (Lipinski definition) is 4. The van der Waals surface area contributed by atoms with Gasteiger partial charge in [0.05, 0.1) is 16.3 Å². The molecule has 5 heteroatoms. The maximum Gasteiger partial charge on any atom is 0.271 e. The fourth-order valence-electron chi connectivity index (χ4n) is 2.20. The van der Waals surface area contributed by atoms with Gasteiger partial charge in [-0.05, 0) is 30.7 Å². The summed E-state index contributed by atoms with van der Waals surface area (Å²) in [5, 5.41) is 10.9. The number of hydrogen-bond donors (Lipinski definition) is 0. The molecular formula is C14H12N2O2S. The summed E-state index contributed by atoms with van der Waals surface area (Å²) < 4.78 is 0. The van der Waals surface area contributed by atoms with E-state index in [-0.39, 0.29) is 10.6 Å². The number of aryl methyl sites for hydroxylation is 1. The number of rotatable bonds is 1. The van der Waals surface area contributed by atoms with Crippen molar-refractivity contribution in [1.82, 2.24) is 0 Å². The summed E-state index contributed by atoms with van der Waals surface area (Å²) in [5.74, 6) is 0. The van der Waals surface area contributed by atoms with Gasteiger partial charge in [0.25, 0.3) is 5.69 Å². The van der Waals surface area contributed by atoms with Crippen LogP contribution in [0.4, 0.5) is 17.1 Å². The fourth-order valence-corrected chi connectivity index (χ4v) is 3.42. The van der Waals surface area contributed by atoms with Crippen LogP contribution in [0.5, 0.6) is 0 Å². The molecular weight excluding hydrogens is 260 g/mol. The molecule has 2 aromatic rings. The second kappa shape index (κ2) is 4.28. The zero-order valence-electron chi connectivity index (χ0n) is 10.6. The first-order valence-corrected chi connectivity index (χ1v) is 6.68. The lowest BCUT2D eigenvalue weighted by molar-refractivity contribution is -0.384. The van der Waals surface area contributed by atoms with E-state index in [1.807, 2.05) is 18.0 Å². The van der Waals surface area contributed by atoms with Crippen LogP contribution >= 0.6 is 11.8 Å². The molecule has 0 aliphatic carbocycles. The van der Waals surface area contributed by atoms with Gasteiger partial charge in [-0.2, -0.15) is 0 Å². The van der Waals surface area contributed by atoms with Crippen LogP contribution in [0.3, 0.4) is 0 Å².